The predicted octanol–water partition coefficient (Wildman–Crippen LogP) is 20.6. The number of rotatable bonds is 25. The number of hydrogen-bond donors (Lipinski definition) is 0. The van der Waals surface area contributed by atoms with Gasteiger partial charge in [-0.2, -0.15) is 0 Å². The lowest BCUT2D eigenvalue weighted by Crippen LogP contribution is -2.37. The normalized spacial score (nSPS) is 17.3. The van der Waals surface area contributed by atoms with Crippen LogP contribution in [0, 0.1) is 0 Å². The van der Waals surface area contributed by atoms with E-state index in [1.165, 1.54) is 34.3 Å². The third-order valence-corrected chi connectivity index (χ3v) is 36.3. The van der Waals surface area contributed by atoms with E-state index in [1.807, 2.05) is 72.8 Å². The molecule has 2 unspecified atom stereocenters. The van der Waals surface area contributed by atoms with Crippen molar-refractivity contribution >= 4 is 96.5 Å². The van der Waals surface area contributed by atoms with E-state index < -0.39 is 87.1 Å². The zero-order chi connectivity index (χ0) is 86.9. The number of esters is 4. The fourth-order valence-corrected chi connectivity index (χ4v) is 27.6. The Morgan fingerprint density at radius 3 is 0.626 bits per heavy atom. The van der Waals surface area contributed by atoms with Gasteiger partial charge in [-0.3, -0.25) is 19.2 Å². The van der Waals surface area contributed by atoms with Gasteiger partial charge >= 0.3 is 23.9 Å². The largest absolute Gasteiger partial charge is 0.747 e. The molecule has 6 aliphatic carbocycles. The second kappa shape index (κ2) is 48.4. The Bertz CT molecular complexity index is 4720. The van der Waals surface area contributed by atoms with Gasteiger partial charge in [-0.05, 0) is 262 Å². The summed E-state index contributed by atoms with van der Waals surface area (Å²) in [7, 11) is -16.9. The van der Waals surface area contributed by atoms with Gasteiger partial charge in [-0.15, -0.1) is 0 Å². The lowest BCUT2D eigenvalue weighted by atomic mass is 9.98. The van der Waals surface area contributed by atoms with Crippen molar-refractivity contribution in [2.24, 2.45) is 0 Å². The minimum absolute atomic E-state index is 0.0146. The highest BCUT2D eigenvalue weighted by molar-refractivity contribution is 7.98. The van der Waals surface area contributed by atoms with Crippen LogP contribution in [0.15, 0.2) is 315 Å². The molecule has 18 nitrogen and oxygen atoms in total. The Kier molecular flexibility index (Phi) is 37.5. The zero-order valence-corrected chi connectivity index (χ0v) is 75.5. The van der Waals surface area contributed by atoms with Crippen LogP contribution in [0.5, 0.6) is 0 Å². The number of hydrogen-bond acceptors (Lipinski definition) is 18. The number of carbonyl (C=O) groups is 4. The molecule has 0 N–H and O–H groups in total. The summed E-state index contributed by atoms with van der Waals surface area (Å²) < 4.78 is 141. The summed E-state index contributed by atoms with van der Waals surface area (Å²) in [4.78, 5) is 60.2. The molecule has 6 saturated carbocycles. The third kappa shape index (κ3) is 29.4. The van der Waals surface area contributed by atoms with E-state index in [0.29, 0.717) is 35.5 Å². The average molecular weight is 1810 g/mol. The highest BCUT2D eigenvalue weighted by Crippen LogP contribution is 2.38. The monoisotopic (exact) mass is 1800 g/mol. The first kappa shape index (κ1) is 95.3. The van der Waals surface area contributed by atoms with Crippen LogP contribution in [-0.2, 0) is 111 Å². The van der Waals surface area contributed by atoms with Crippen LogP contribution in [0.2, 0.25) is 0 Å². The summed E-state index contributed by atoms with van der Waals surface area (Å²) in [6.07, 6.45) is 24.0. The van der Waals surface area contributed by atoms with Crippen molar-refractivity contribution in [2.45, 2.75) is 305 Å². The van der Waals surface area contributed by atoms with Crippen molar-refractivity contribution in [3.05, 3.63) is 261 Å². The van der Waals surface area contributed by atoms with E-state index in [2.05, 4.69) is 188 Å². The molecule has 0 aliphatic heterocycles. The molecular weight excluding hydrogens is 1690 g/mol. The average Bonchev–Trinajstić information content (AvgIpc) is 0.790. The van der Waals surface area contributed by atoms with E-state index in [9.17, 15) is 62.0 Å². The zero-order valence-electron chi connectivity index (χ0n) is 69.8. The van der Waals surface area contributed by atoms with Crippen molar-refractivity contribution in [3.8, 4) is 0 Å². The molecule has 0 amide bonds. The second-order valence-electron chi connectivity index (χ2n) is 31.9. The summed E-state index contributed by atoms with van der Waals surface area (Å²) in [5.74, 6) is -3.91. The molecule has 6 fully saturated rings. The molecule has 0 heterocycles. The van der Waals surface area contributed by atoms with Gasteiger partial charge in [0.05, 0.1) is 65.8 Å². The summed E-state index contributed by atoms with van der Waals surface area (Å²) in [5, 5.41) is -4.46. The number of benzene rings is 9. The Morgan fingerprint density at radius 2 is 0.431 bits per heavy atom. The van der Waals surface area contributed by atoms with Crippen molar-refractivity contribution in [1.82, 2.24) is 0 Å². The summed E-state index contributed by atoms with van der Waals surface area (Å²) in [6, 6.07) is 89.1. The number of carbonyl (C=O) groups excluding carboxylic acids is 4. The summed E-state index contributed by atoms with van der Waals surface area (Å²) >= 11 is 0. The Morgan fingerprint density at radius 1 is 0.252 bits per heavy atom. The fraction of sp³-hybridized carbons (Fsp3) is 0.408. The van der Waals surface area contributed by atoms with E-state index in [0.717, 1.165) is 177 Å². The first-order chi connectivity index (χ1) is 59.5. The molecule has 9 aromatic carbocycles. The first-order valence-corrected chi connectivity index (χ1v) is 53.2. The van der Waals surface area contributed by atoms with Crippen LogP contribution >= 0.6 is 0 Å². The highest BCUT2D eigenvalue weighted by atomic mass is 32.2. The maximum Gasteiger partial charge on any atom is 0.324 e. The highest BCUT2D eigenvalue weighted by Gasteiger charge is 2.39. The maximum atomic E-state index is 13.0. The molecule has 9 aromatic rings. The van der Waals surface area contributed by atoms with Crippen LogP contribution in [0.3, 0.4) is 0 Å². The van der Waals surface area contributed by atoms with Gasteiger partial charge in [0.1, 0.15) is 44.7 Å². The van der Waals surface area contributed by atoms with Gasteiger partial charge in [0.2, 0.25) is 0 Å². The van der Waals surface area contributed by atoms with Crippen molar-refractivity contribution < 1.29 is 80.9 Å². The molecule has 6 aliphatic rings. The van der Waals surface area contributed by atoms with E-state index in [1.54, 1.807) is 0 Å². The van der Waals surface area contributed by atoms with Crippen LogP contribution < -0.4 is 0 Å². The van der Waals surface area contributed by atoms with Crippen LogP contribution in [-0.4, -0.2) is 112 Å². The van der Waals surface area contributed by atoms with E-state index in [-0.39, 0.29) is 67.6 Å². The molecule has 123 heavy (non-hydrogen) atoms. The molecule has 0 aromatic heterocycles. The molecule has 656 valence electrons. The molecule has 0 bridgehead atoms. The minimum atomic E-state index is -4.98. The van der Waals surface area contributed by atoms with Gasteiger partial charge in [0, 0.05) is 0 Å². The maximum absolute atomic E-state index is 13.0. The molecular formula is C98H115O18S7+. The second-order valence-corrected chi connectivity index (χ2v) is 45.6. The Balaban J connectivity index is 0.000000151. The van der Waals surface area contributed by atoms with Crippen LogP contribution in [0.1, 0.15) is 205 Å². The van der Waals surface area contributed by atoms with Crippen molar-refractivity contribution in [1.29, 1.82) is 0 Å². The Hall–Kier alpha value is -8.37. The summed E-state index contributed by atoms with van der Waals surface area (Å²) in [6.45, 7) is 0. The number of ether oxygens (including phenoxy) is 4. The first-order valence-electron chi connectivity index (χ1n) is 43.4. The summed E-state index contributed by atoms with van der Waals surface area (Å²) in [5.41, 5.74) is 0. The number of sulfone groups is 2. The van der Waals surface area contributed by atoms with Crippen LogP contribution in [0.25, 0.3) is 0 Å². The lowest BCUT2D eigenvalue weighted by molar-refractivity contribution is -0.157. The predicted molar refractivity (Wildman–Crippen MR) is 481 cm³/mol. The van der Waals surface area contributed by atoms with E-state index >= 15 is 0 Å². The minimum Gasteiger partial charge on any atom is -0.747 e. The smallest absolute Gasteiger partial charge is 0.324 e. The quantitative estimate of drug-likeness (QED) is 0.0222. The standard InChI is InChI=1S/2C24H25O2S2.C18H15S.2C16H26O7S/c2*25-28(26,23-14-8-3-9-15-23)24-18-16-22(17-19-24)27(20-10-4-1-5-11-20)21-12-6-2-7-13-21;1-4-10-16(11-5-1)19(17-12-6-2-7-13-17)18-14-8-3-9-15-18;2*17-15(22-12-7-3-1-4-8-12)11-14(24(19,20)21)16(18)23-13-9-5-2-6-10-13/h2*1-2,4-7,10-13,16-19,23H,3,8-9,14-15H2;1-15H;2*12-14H,1-11H2,(H,19,20,21)/q3*+1;;/p-2. The molecule has 0 saturated heterocycles. The SMILES string of the molecule is O=C(CC(C(=O)OC1CCCCC1)S(=O)(=O)[O-])OC1CCCCC1.O=C(CC(C(=O)OC1CCCCC1)S(=O)(=O)[O-])OC1CCCCC1.O=S(=O)(c1ccc([S+](c2ccccc2)c2ccccc2)cc1)C1CCCCC1.O=S(=O)(c1ccc([S+](c2ccccc2)c2ccccc2)cc1)C1CCCCC1.c1ccc([S+](c2ccccc2)c2ccccc2)cc1. The topological polar surface area (TPSA) is 288 Å². The molecule has 15 rings (SSSR count). The fourth-order valence-electron chi connectivity index (χ4n) is 16.4. The van der Waals surface area contributed by atoms with Gasteiger partial charge in [0.15, 0.2) is 74.2 Å². The van der Waals surface area contributed by atoms with Crippen molar-refractivity contribution in [2.75, 3.05) is 0 Å². The Labute approximate surface area is 737 Å². The molecule has 25 heteroatoms. The van der Waals surface area contributed by atoms with Crippen molar-refractivity contribution in [3.63, 3.8) is 0 Å². The van der Waals surface area contributed by atoms with Gasteiger partial charge in [-0.25, -0.2) is 33.7 Å². The molecule has 0 spiro atoms. The van der Waals surface area contributed by atoms with Gasteiger partial charge < -0.3 is 28.1 Å². The van der Waals surface area contributed by atoms with Crippen LogP contribution in [0.4, 0.5) is 0 Å². The third-order valence-electron chi connectivity index (χ3n) is 22.9. The lowest BCUT2D eigenvalue weighted by Gasteiger charge is -2.26. The van der Waals surface area contributed by atoms with E-state index in [4.69, 9.17) is 18.9 Å². The molecule has 2 atom stereocenters. The van der Waals surface area contributed by atoms with Gasteiger partial charge in [-0.1, -0.05) is 192 Å². The van der Waals surface area contributed by atoms with Gasteiger partial charge in [0.25, 0.3) is 0 Å². The molecule has 0 radical (unpaired) electrons.